The minimum atomic E-state index is 0.140. The molecule has 0 spiro atoms. The van der Waals surface area contributed by atoms with Crippen molar-refractivity contribution < 1.29 is 5.11 Å². The summed E-state index contributed by atoms with van der Waals surface area (Å²) in [6.45, 7) is 3.85. The molecule has 2 aromatic rings. The summed E-state index contributed by atoms with van der Waals surface area (Å²) in [5, 5.41) is 12.3. The Morgan fingerprint density at radius 1 is 1.64 bits per heavy atom. The first-order valence-corrected chi connectivity index (χ1v) is 4.25. The predicted molar refractivity (Wildman–Crippen MR) is 55.0 cm³/mol. The SMILES string of the molecule is C=C(NC)c1ccn2c(O)cnc2c1. The zero-order chi connectivity index (χ0) is 10.1. The number of hydrogen-bond acceptors (Lipinski definition) is 3. The molecule has 4 nitrogen and oxygen atoms in total. The molecule has 0 bridgehead atoms. The minimum absolute atomic E-state index is 0.140. The first-order valence-electron chi connectivity index (χ1n) is 4.25. The van der Waals surface area contributed by atoms with Crippen LogP contribution in [-0.4, -0.2) is 21.5 Å². The average Bonchev–Trinajstić information content (AvgIpc) is 2.59. The number of rotatable bonds is 2. The largest absolute Gasteiger partial charge is 0.493 e. The Hall–Kier alpha value is -1.97. The van der Waals surface area contributed by atoms with Gasteiger partial charge < -0.3 is 10.4 Å². The van der Waals surface area contributed by atoms with Gasteiger partial charge in [0.15, 0.2) is 0 Å². The standard InChI is InChI=1S/C10H11N3O/c1-7(11-2)8-3-4-13-9(5-8)12-6-10(13)14/h3-6,11,14H,1H2,2H3. The van der Waals surface area contributed by atoms with Crippen molar-refractivity contribution in [1.29, 1.82) is 0 Å². The molecule has 2 rings (SSSR count). The lowest BCUT2D eigenvalue weighted by Crippen LogP contribution is -2.03. The van der Waals surface area contributed by atoms with Crippen LogP contribution in [0.15, 0.2) is 31.1 Å². The van der Waals surface area contributed by atoms with Crippen molar-refractivity contribution in [1.82, 2.24) is 14.7 Å². The normalized spacial score (nSPS) is 10.4. The molecule has 0 saturated heterocycles. The maximum Gasteiger partial charge on any atom is 0.215 e. The fraction of sp³-hybridized carbons (Fsp3) is 0.100. The van der Waals surface area contributed by atoms with E-state index in [2.05, 4.69) is 16.9 Å². The van der Waals surface area contributed by atoms with Gasteiger partial charge in [0.25, 0.3) is 0 Å². The summed E-state index contributed by atoms with van der Waals surface area (Å²) in [7, 11) is 1.82. The van der Waals surface area contributed by atoms with Gasteiger partial charge in [-0.25, -0.2) is 4.98 Å². The zero-order valence-corrected chi connectivity index (χ0v) is 7.86. The topological polar surface area (TPSA) is 49.6 Å². The van der Waals surface area contributed by atoms with Gasteiger partial charge in [-0.2, -0.15) is 0 Å². The van der Waals surface area contributed by atoms with Crippen LogP contribution in [0.4, 0.5) is 0 Å². The smallest absolute Gasteiger partial charge is 0.215 e. The van der Waals surface area contributed by atoms with Crippen molar-refractivity contribution in [3.8, 4) is 5.88 Å². The van der Waals surface area contributed by atoms with Gasteiger partial charge in [-0.1, -0.05) is 6.58 Å². The van der Waals surface area contributed by atoms with E-state index in [4.69, 9.17) is 0 Å². The molecule has 0 fully saturated rings. The van der Waals surface area contributed by atoms with Crippen LogP contribution in [0.5, 0.6) is 5.88 Å². The molecule has 0 aromatic carbocycles. The van der Waals surface area contributed by atoms with E-state index < -0.39 is 0 Å². The third-order valence-corrected chi connectivity index (χ3v) is 2.14. The van der Waals surface area contributed by atoms with E-state index in [-0.39, 0.29) is 5.88 Å². The third-order valence-electron chi connectivity index (χ3n) is 2.14. The lowest BCUT2D eigenvalue weighted by atomic mass is 10.2. The molecule has 0 atom stereocenters. The van der Waals surface area contributed by atoms with Gasteiger partial charge in [-0.3, -0.25) is 4.40 Å². The van der Waals surface area contributed by atoms with E-state index in [1.165, 1.54) is 6.20 Å². The highest BCUT2D eigenvalue weighted by Gasteiger charge is 2.02. The zero-order valence-electron chi connectivity index (χ0n) is 7.86. The maximum absolute atomic E-state index is 9.36. The lowest BCUT2D eigenvalue weighted by molar-refractivity contribution is 0.448. The maximum atomic E-state index is 9.36. The number of fused-ring (bicyclic) bond motifs is 1. The Labute approximate surface area is 81.5 Å². The summed E-state index contributed by atoms with van der Waals surface area (Å²) in [5.74, 6) is 0.140. The van der Waals surface area contributed by atoms with Crippen LogP contribution in [0.2, 0.25) is 0 Å². The number of pyridine rings is 1. The summed E-state index contributed by atoms with van der Waals surface area (Å²) < 4.78 is 1.60. The van der Waals surface area contributed by atoms with Crippen molar-refractivity contribution in [2.45, 2.75) is 0 Å². The van der Waals surface area contributed by atoms with Crippen LogP contribution in [0.1, 0.15) is 5.56 Å². The molecule has 0 aliphatic carbocycles. The van der Waals surface area contributed by atoms with E-state index >= 15 is 0 Å². The summed E-state index contributed by atoms with van der Waals surface area (Å²) in [6, 6.07) is 3.73. The van der Waals surface area contributed by atoms with Crippen molar-refractivity contribution in [3.63, 3.8) is 0 Å². The van der Waals surface area contributed by atoms with Gasteiger partial charge in [0.05, 0.1) is 6.20 Å². The van der Waals surface area contributed by atoms with Gasteiger partial charge >= 0.3 is 0 Å². The number of imidazole rings is 1. The average molecular weight is 189 g/mol. The first-order chi connectivity index (χ1) is 6.72. The van der Waals surface area contributed by atoms with Gasteiger partial charge in [0.2, 0.25) is 5.88 Å². The second-order valence-corrected chi connectivity index (χ2v) is 2.99. The molecule has 4 heteroatoms. The Morgan fingerprint density at radius 2 is 2.43 bits per heavy atom. The highest BCUT2D eigenvalue weighted by Crippen LogP contribution is 2.16. The van der Waals surface area contributed by atoms with Crippen LogP contribution in [-0.2, 0) is 0 Å². The van der Waals surface area contributed by atoms with Crippen LogP contribution in [0.3, 0.4) is 0 Å². The Balaban J connectivity index is 2.57. The fourth-order valence-electron chi connectivity index (χ4n) is 1.30. The van der Waals surface area contributed by atoms with Gasteiger partial charge in [-0.15, -0.1) is 0 Å². The predicted octanol–water partition coefficient (Wildman–Crippen LogP) is 1.23. The molecule has 2 heterocycles. The molecule has 0 radical (unpaired) electrons. The van der Waals surface area contributed by atoms with Crippen LogP contribution in [0.25, 0.3) is 11.3 Å². The molecule has 2 aromatic heterocycles. The van der Waals surface area contributed by atoms with E-state index in [1.807, 2.05) is 19.2 Å². The molecule has 72 valence electrons. The van der Waals surface area contributed by atoms with E-state index in [0.717, 1.165) is 11.3 Å². The number of aromatic hydroxyl groups is 1. The minimum Gasteiger partial charge on any atom is -0.493 e. The number of aromatic nitrogens is 2. The second-order valence-electron chi connectivity index (χ2n) is 2.99. The van der Waals surface area contributed by atoms with Crippen molar-refractivity contribution in [2.24, 2.45) is 0 Å². The first kappa shape index (κ1) is 8.62. The highest BCUT2D eigenvalue weighted by molar-refractivity contribution is 5.65. The molecule has 0 unspecified atom stereocenters. The van der Waals surface area contributed by atoms with E-state index in [9.17, 15) is 5.11 Å². The monoisotopic (exact) mass is 189 g/mol. The van der Waals surface area contributed by atoms with Crippen molar-refractivity contribution in [3.05, 3.63) is 36.7 Å². The molecule has 0 amide bonds. The summed E-state index contributed by atoms with van der Waals surface area (Å²) >= 11 is 0. The Morgan fingerprint density at radius 3 is 3.14 bits per heavy atom. The molecule has 0 aliphatic rings. The third kappa shape index (κ3) is 1.21. The molecule has 14 heavy (non-hydrogen) atoms. The van der Waals surface area contributed by atoms with Crippen molar-refractivity contribution >= 4 is 11.3 Å². The highest BCUT2D eigenvalue weighted by atomic mass is 16.3. The fourth-order valence-corrected chi connectivity index (χ4v) is 1.30. The molecule has 0 saturated carbocycles. The van der Waals surface area contributed by atoms with Crippen LogP contribution in [0, 0.1) is 0 Å². The Bertz CT molecular complexity index is 487. The van der Waals surface area contributed by atoms with Gasteiger partial charge in [-0.05, 0) is 12.1 Å². The van der Waals surface area contributed by atoms with Gasteiger partial charge in [0, 0.05) is 24.5 Å². The van der Waals surface area contributed by atoms with E-state index in [1.54, 1.807) is 10.6 Å². The van der Waals surface area contributed by atoms with E-state index in [0.29, 0.717) is 5.65 Å². The summed E-state index contributed by atoms with van der Waals surface area (Å²) in [6.07, 6.45) is 3.18. The van der Waals surface area contributed by atoms with Crippen molar-refractivity contribution in [2.75, 3.05) is 7.05 Å². The second kappa shape index (κ2) is 3.06. The molecule has 2 N–H and O–H groups in total. The lowest BCUT2D eigenvalue weighted by Gasteiger charge is -2.04. The molecular weight excluding hydrogens is 178 g/mol. The summed E-state index contributed by atoms with van der Waals surface area (Å²) in [4.78, 5) is 4.04. The number of hydrogen-bond donors (Lipinski definition) is 2. The van der Waals surface area contributed by atoms with Crippen LogP contribution >= 0.6 is 0 Å². The molecule has 0 aliphatic heterocycles. The molecular formula is C10H11N3O. The van der Waals surface area contributed by atoms with Gasteiger partial charge in [0.1, 0.15) is 5.65 Å². The van der Waals surface area contributed by atoms with Crippen LogP contribution < -0.4 is 5.32 Å². The number of nitrogens with one attached hydrogen (secondary N) is 1. The quantitative estimate of drug-likeness (QED) is 0.747. The summed E-state index contributed by atoms with van der Waals surface area (Å²) in [5.41, 5.74) is 2.50. The number of nitrogens with zero attached hydrogens (tertiary/aromatic N) is 2. The Kier molecular flexibility index (Phi) is 1.89.